The molecule has 0 aromatic heterocycles. The fourth-order valence-corrected chi connectivity index (χ4v) is 3.72. The summed E-state index contributed by atoms with van der Waals surface area (Å²) in [6.07, 6.45) is 1.06. The Bertz CT molecular complexity index is 853. The van der Waals surface area contributed by atoms with Crippen LogP contribution in [0.1, 0.15) is 6.92 Å². The van der Waals surface area contributed by atoms with Crippen LogP contribution in [-0.4, -0.2) is 33.7 Å². The van der Waals surface area contributed by atoms with Crippen LogP contribution in [0.25, 0.3) is 0 Å². The molecule has 0 aliphatic rings. The maximum atomic E-state index is 12.5. The molecule has 6 nitrogen and oxygen atoms in total. The maximum Gasteiger partial charge on any atom is 0.247 e. The molecule has 2 aromatic carbocycles. The minimum absolute atomic E-state index is 0.372. The highest BCUT2D eigenvalue weighted by molar-refractivity contribution is 7.92. The molecule has 1 amide bonds. The van der Waals surface area contributed by atoms with E-state index in [0.29, 0.717) is 22.1 Å². The second-order valence-corrected chi connectivity index (χ2v) is 7.73. The number of methoxy groups -OCH3 is 1. The molecular weight excluding hydrogens is 364 g/mol. The zero-order valence-corrected chi connectivity index (χ0v) is 15.6. The number of halogens is 1. The second-order valence-electron chi connectivity index (χ2n) is 5.43. The van der Waals surface area contributed by atoms with Gasteiger partial charge in [0.1, 0.15) is 11.8 Å². The number of carbonyl (C=O) groups excluding carboxylic acids is 1. The van der Waals surface area contributed by atoms with Gasteiger partial charge in [0, 0.05) is 10.7 Å². The lowest BCUT2D eigenvalue weighted by molar-refractivity contribution is -0.116. The summed E-state index contributed by atoms with van der Waals surface area (Å²) in [6.45, 7) is 1.52. The third kappa shape index (κ3) is 4.87. The van der Waals surface area contributed by atoms with E-state index in [1.807, 2.05) is 0 Å². The van der Waals surface area contributed by atoms with E-state index in [0.717, 1.165) is 10.6 Å². The van der Waals surface area contributed by atoms with E-state index in [2.05, 4.69) is 5.32 Å². The molecule has 0 saturated heterocycles. The number of sulfonamides is 1. The van der Waals surface area contributed by atoms with Crippen molar-refractivity contribution in [3.63, 3.8) is 0 Å². The predicted octanol–water partition coefficient (Wildman–Crippen LogP) is 3.14. The Labute approximate surface area is 152 Å². The van der Waals surface area contributed by atoms with Crippen LogP contribution in [0.4, 0.5) is 11.4 Å². The van der Waals surface area contributed by atoms with Crippen molar-refractivity contribution in [3.05, 3.63) is 53.6 Å². The predicted molar refractivity (Wildman–Crippen MR) is 99.9 cm³/mol. The van der Waals surface area contributed by atoms with Crippen LogP contribution in [0.3, 0.4) is 0 Å². The molecule has 1 N–H and O–H groups in total. The number of rotatable bonds is 6. The van der Waals surface area contributed by atoms with Gasteiger partial charge in [0.25, 0.3) is 0 Å². The van der Waals surface area contributed by atoms with E-state index >= 15 is 0 Å². The first-order valence-electron chi connectivity index (χ1n) is 7.42. The molecule has 0 fully saturated rings. The fraction of sp³-hybridized carbons (Fsp3) is 0.235. The lowest BCUT2D eigenvalue weighted by Gasteiger charge is -2.28. The summed E-state index contributed by atoms with van der Waals surface area (Å²) in [4.78, 5) is 12.5. The minimum atomic E-state index is -3.68. The van der Waals surface area contributed by atoms with Crippen molar-refractivity contribution < 1.29 is 17.9 Å². The summed E-state index contributed by atoms with van der Waals surface area (Å²) >= 11 is 5.90. The summed E-state index contributed by atoms with van der Waals surface area (Å²) in [5.74, 6) is 0.122. The molecule has 0 heterocycles. The third-order valence-electron chi connectivity index (χ3n) is 3.51. The first-order valence-corrected chi connectivity index (χ1v) is 9.65. The van der Waals surface area contributed by atoms with Crippen molar-refractivity contribution in [2.75, 3.05) is 23.0 Å². The summed E-state index contributed by atoms with van der Waals surface area (Å²) < 4.78 is 30.6. The van der Waals surface area contributed by atoms with Gasteiger partial charge < -0.3 is 10.1 Å². The van der Waals surface area contributed by atoms with Gasteiger partial charge in [-0.2, -0.15) is 0 Å². The molecule has 0 aliphatic carbocycles. The Morgan fingerprint density at radius 1 is 1.20 bits per heavy atom. The number of hydrogen-bond acceptors (Lipinski definition) is 4. The van der Waals surface area contributed by atoms with Crippen LogP contribution in [0.15, 0.2) is 48.5 Å². The van der Waals surface area contributed by atoms with E-state index in [4.69, 9.17) is 16.3 Å². The molecule has 8 heteroatoms. The highest BCUT2D eigenvalue weighted by Gasteiger charge is 2.29. The minimum Gasteiger partial charge on any atom is -0.497 e. The molecule has 0 saturated carbocycles. The van der Waals surface area contributed by atoms with Crippen molar-refractivity contribution >= 4 is 38.9 Å². The molecule has 134 valence electrons. The van der Waals surface area contributed by atoms with Gasteiger partial charge in [-0.15, -0.1) is 0 Å². The largest absolute Gasteiger partial charge is 0.497 e. The number of anilines is 2. The molecule has 0 spiro atoms. The molecule has 2 rings (SSSR count). The van der Waals surface area contributed by atoms with E-state index in [-0.39, 0.29) is 0 Å². The van der Waals surface area contributed by atoms with Gasteiger partial charge in [-0.1, -0.05) is 17.7 Å². The van der Waals surface area contributed by atoms with Gasteiger partial charge in [0.15, 0.2) is 0 Å². The van der Waals surface area contributed by atoms with Crippen molar-refractivity contribution in [3.8, 4) is 5.75 Å². The Hall–Kier alpha value is -2.25. The first-order chi connectivity index (χ1) is 11.7. The normalized spacial score (nSPS) is 12.3. The number of amides is 1. The van der Waals surface area contributed by atoms with Gasteiger partial charge in [-0.3, -0.25) is 9.10 Å². The average molecular weight is 383 g/mol. The smallest absolute Gasteiger partial charge is 0.247 e. The summed E-state index contributed by atoms with van der Waals surface area (Å²) in [6, 6.07) is 12.1. The van der Waals surface area contributed by atoms with Crippen LogP contribution in [-0.2, 0) is 14.8 Å². The molecule has 1 atom stereocenters. The van der Waals surface area contributed by atoms with Crippen molar-refractivity contribution in [1.82, 2.24) is 0 Å². The SMILES string of the molecule is COc1ccc(N([C@H](C)C(=O)Nc2cccc(Cl)c2)S(C)(=O)=O)cc1. The van der Waals surface area contributed by atoms with E-state index in [1.54, 1.807) is 48.5 Å². The van der Waals surface area contributed by atoms with Crippen LogP contribution < -0.4 is 14.4 Å². The number of ether oxygens (including phenoxy) is 1. The lowest BCUT2D eigenvalue weighted by atomic mass is 10.2. The Balaban J connectivity index is 2.29. The lowest BCUT2D eigenvalue weighted by Crippen LogP contribution is -2.45. The van der Waals surface area contributed by atoms with Gasteiger partial charge in [-0.05, 0) is 49.4 Å². The number of hydrogen-bond donors (Lipinski definition) is 1. The summed E-state index contributed by atoms with van der Waals surface area (Å²) in [5.41, 5.74) is 0.865. The molecule has 0 aliphatic heterocycles. The third-order valence-corrected chi connectivity index (χ3v) is 4.98. The number of carbonyl (C=O) groups is 1. The van der Waals surface area contributed by atoms with Crippen LogP contribution in [0, 0.1) is 0 Å². The van der Waals surface area contributed by atoms with E-state index < -0.39 is 22.0 Å². The summed E-state index contributed by atoms with van der Waals surface area (Å²) in [7, 11) is -2.16. The van der Waals surface area contributed by atoms with E-state index in [1.165, 1.54) is 14.0 Å². The number of benzene rings is 2. The van der Waals surface area contributed by atoms with E-state index in [9.17, 15) is 13.2 Å². The zero-order chi connectivity index (χ0) is 18.6. The molecule has 2 aromatic rings. The Morgan fingerprint density at radius 2 is 1.84 bits per heavy atom. The average Bonchev–Trinajstić information content (AvgIpc) is 2.54. The zero-order valence-electron chi connectivity index (χ0n) is 14.1. The second kappa shape index (κ2) is 7.76. The standard InChI is InChI=1S/C17H19ClN2O4S/c1-12(17(21)19-14-6-4-5-13(18)11-14)20(25(3,22)23)15-7-9-16(24-2)10-8-15/h4-12H,1-3H3,(H,19,21)/t12-/m1/s1. The molecule has 25 heavy (non-hydrogen) atoms. The molecule has 0 radical (unpaired) electrons. The van der Waals surface area contributed by atoms with Crippen LogP contribution >= 0.6 is 11.6 Å². The highest BCUT2D eigenvalue weighted by Crippen LogP contribution is 2.24. The first kappa shape index (κ1) is 19.1. The quantitative estimate of drug-likeness (QED) is 0.832. The monoisotopic (exact) mass is 382 g/mol. The highest BCUT2D eigenvalue weighted by atomic mass is 35.5. The van der Waals surface area contributed by atoms with Crippen LogP contribution in [0.2, 0.25) is 5.02 Å². The molecule has 0 unspecified atom stereocenters. The van der Waals surface area contributed by atoms with Crippen LogP contribution in [0.5, 0.6) is 5.75 Å². The topological polar surface area (TPSA) is 75.7 Å². The Kier molecular flexibility index (Phi) is 5.92. The fourth-order valence-electron chi connectivity index (χ4n) is 2.35. The van der Waals surface area contributed by atoms with Gasteiger partial charge in [-0.25, -0.2) is 8.42 Å². The number of nitrogens with one attached hydrogen (secondary N) is 1. The Morgan fingerprint density at radius 3 is 2.36 bits per heavy atom. The van der Waals surface area contributed by atoms with Gasteiger partial charge >= 0.3 is 0 Å². The van der Waals surface area contributed by atoms with Crippen molar-refractivity contribution in [2.45, 2.75) is 13.0 Å². The van der Waals surface area contributed by atoms with Gasteiger partial charge in [0.2, 0.25) is 15.9 Å². The van der Waals surface area contributed by atoms with Gasteiger partial charge in [0.05, 0.1) is 19.1 Å². The van der Waals surface area contributed by atoms with Crippen molar-refractivity contribution in [2.24, 2.45) is 0 Å². The summed E-state index contributed by atoms with van der Waals surface area (Å²) in [5, 5.41) is 3.15. The molecular formula is C17H19ClN2O4S. The van der Waals surface area contributed by atoms with Crippen molar-refractivity contribution in [1.29, 1.82) is 0 Å². The number of nitrogens with zero attached hydrogens (tertiary/aromatic N) is 1. The maximum absolute atomic E-state index is 12.5. The molecule has 0 bridgehead atoms.